The minimum absolute atomic E-state index is 0.0362. The maximum atomic E-state index is 13.4. The summed E-state index contributed by atoms with van der Waals surface area (Å²) in [7, 11) is 4.08. The van der Waals surface area contributed by atoms with E-state index in [0.29, 0.717) is 19.0 Å². The average Bonchev–Trinajstić information content (AvgIpc) is 3.26. The Labute approximate surface area is 194 Å². The molecule has 0 aliphatic heterocycles. The highest BCUT2D eigenvalue weighted by molar-refractivity contribution is 5.93. The zero-order valence-corrected chi connectivity index (χ0v) is 20.9. The third-order valence-electron chi connectivity index (χ3n) is 6.91. The predicted molar refractivity (Wildman–Crippen MR) is 133 cm³/mol. The van der Waals surface area contributed by atoms with Crippen LogP contribution in [0, 0.1) is 11.3 Å². The van der Waals surface area contributed by atoms with Gasteiger partial charge in [-0.15, -0.1) is 0 Å². The topological polar surface area (TPSA) is 52.7 Å². The van der Waals surface area contributed by atoms with Crippen molar-refractivity contribution < 1.29 is 9.59 Å². The summed E-state index contributed by atoms with van der Waals surface area (Å²) in [5, 5.41) is 3.15. The fourth-order valence-electron chi connectivity index (χ4n) is 5.21. The van der Waals surface area contributed by atoms with E-state index in [4.69, 9.17) is 0 Å². The van der Waals surface area contributed by atoms with Crippen molar-refractivity contribution in [1.82, 2.24) is 4.90 Å². The van der Waals surface area contributed by atoms with E-state index in [0.717, 1.165) is 55.5 Å². The van der Waals surface area contributed by atoms with Crippen LogP contribution in [-0.2, 0) is 16.1 Å². The van der Waals surface area contributed by atoms with Gasteiger partial charge in [0, 0.05) is 50.4 Å². The van der Waals surface area contributed by atoms with E-state index in [1.165, 1.54) is 19.3 Å². The highest BCUT2D eigenvalue weighted by atomic mass is 16.2. The van der Waals surface area contributed by atoms with E-state index in [-0.39, 0.29) is 23.1 Å². The van der Waals surface area contributed by atoms with Gasteiger partial charge in [-0.25, -0.2) is 0 Å². The van der Waals surface area contributed by atoms with Gasteiger partial charge in [-0.05, 0) is 54.9 Å². The minimum atomic E-state index is -0.0362. The SMILES string of the molecule is CN(C)c1ccc(NC(=O)C2CCCC2)cc1CN(C(=O)CC(C)(C)C)C1CCCCC1. The van der Waals surface area contributed by atoms with Crippen LogP contribution in [-0.4, -0.2) is 36.9 Å². The van der Waals surface area contributed by atoms with E-state index in [9.17, 15) is 9.59 Å². The monoisotopic (exact) mass is 441 g/mol. The van der Waals surface area contributed by atoms with Gasteiger partial charge in [0.15, 0.2) is 0 Å². The predicted octanol–water partition coefficient (Wildman–Crippen LogP) is 5.98. The Morgan fingerprint density at radius 3 is 2.19 bits per heavy atom. The summed E-state index contributed by atoms with van der Waals surface area (Å²) in [6.07, 6.45) is 10.7. The number of amides is 2. The van der Waals surface area contributed by atoms with Crippen LogP contribution in [0.4, 0.5) is 11.4 Å². The van der Waals surface area contributed by atoms with E-state index in [1.54, 1.807) is 0 Å². The van der Waals surface area contributed by atoms with Gasteiger partial charge in [0.2, 0.25) is 11.8 Å². The van der Waals surface area contributed by atoms with Crippen molar-refractivity contribution in [1.29, 1.82) is 0 Å². The van der Waals surface area contributed by atoms with Crippen LogP contribution >= 0.6 is 0 Å². The molecule has 5 heteroatoms. The van der Waals surface area contributed by atoms with Crippen LogP contribution < -0.4 is 10.2 Å². The molecule has 5 nitrogen and oxygen atoms in total. The third kappa shape index (κ3) is 6.73. The summed E-state index contributed by atoms with van der Waals surface area (Å²) in [4.78, 5) is 30.4. The molecule has 0 atom stereocenters. The molecule has 32 heavy (non-hydrogen) atoms. The van der Waals surface area contributed by atoms with Crippen molar-refractivity contribution in [2.24, 2.45) is 11.3 Å². The molecule has 3 rings (SSSR count). The Hall–Kier alpha value is -2.04. The number of carbonyl (C=O) groups excluding carboxylic acids is 2. The lowest BCUT2D eigenvalue weighted by Crippen LogP contribution is -2.42. The van der Waals surface area contributed by atoms with Crippen LogP contribution in [0.3, 0.4) is 0 Å². The maximum absolute atomic E-state index is 13.4. The van der Waals surface area contributed by atoms with E-state index < -0.39 is 0 Å². The molecule has 2 aliphatic rings. The lowest BCUT2D eigenvalue weighted by molar-refractivity contribution is -0.137. The fourth-order valence-corrected chi connectivity index (χ4v) is 5.21. The highest BCUT2D eigenvalue weighted by Crippen LogP contribution is 2.32. The zero-order chi connectivity index (χ0) is 23.3. The average molecular weight is 442 g/mol. The van der Waals surface area contributed by atoms with Gasteiger partial charge in [-0.3, -0.25) is 9.59 Å². The molecule has 0 bridgehead atoms. The van der Waals surface area contributed by atoms with E-state index >= 15 is 0 Å². The first-order valence-corrected chi connectivity index (χ1v) is 12.5. The maximum Gasteiger partial charge on any atom is 0.227 e. The van der Waals surface area contributed by atoms with Gasteiger partial charge in [-0.2, -0.15) is 0 Å². The molecule has 2 aliphatic carbocycles. The molecule has 1 N–H and O–H groups in total. The molecule has 1 aromatic carbocycles. The second-order valence-corrected chi connectivity index (χ2v) is 11.3. The van der Waals surface area contributed by atoms with Gasteiger partial charge in [-0.1, -0.05) is 52.9 Å². The Kier molecular flexibility index (Phi) is 8.24. The summed E-state index contributed by atoms with van der Waals surface area (Å²) in [6.45, 7) is 7.00. The molecular formula is C27H43N3O2. The largest absolute Gasteiger partial charge is 0.377 e. The highest BCUT2D eigenvalue weighted by Gasteiger charge is 2.29. The number of benzene rings is 1. The summed E-state index contributed by atoms with van der Waals surface area (Å²) in [5.74, 6) is 0.521. The minimum Gasteiger partial charge on any atom is -0.377 e. The molecular weight excluding hydrogens is 398 g/mol. The molecule has 2 fully saturated rings. The van der Waals surface area contributed by atoms with Crippen molar-refractivity contribution in [3.05, 3.63) is 23.8 Å². The zero-order valence-electron chi connectivity index (χ0n) is 20.9. The molecule has 0 heterocycles. The van der Waals surface area contributed by atoms with Gasteiger partial charge in [0.25, 0.3) is 0 Å². The Morgan fingerprint density at radius 1 is 0.969 bits per heavy atom. The van der Waals surface area contributed by atoms with Crippen LogP contribution in [0.1, 0.15) is 90.5 Å². The molecule has 2 amide bonds. The van der Waals surface area contributed by atoms with Gasteiger partial charge >= 0.3 is 0 Å². The quantitative estimate of drug-likeness (QED) is 0.566. The molecule has 2 saturated carbocycles. The standard InChI is InChI=1S/C27H43N3O2/c1-27(2,3)18-25(31)30(23-13-7-6-8-14-23)19-21-17-22(15-16-24(21)29(4)5)28-26(32)20-11-9-10-12-20/h15-17,20,23H,6-14,18-19H2,1-5H3,(H,28,32). The smallest absolute Gasteiger partial charge is 0.227 e. The summed E-state index contributed by atoms with van der Waals surface area (Å²) >= 11 is 0. The number of nitrogens with one attached hydrogen (secondary N) is 1. The van der Waals surface area contributed by atoms with Gasteiger partial charge < -0.3 is 15.1 Å². The number of hydrogen-bond donors (Lipinski definition) is 1. The van der Waals surface area contributed by atoms with Crippen LogP contribution in [0.15, 0.2) is 18.2 Å². The molecule has 0 spiro atoms. The summed E-state index contributed by atoms with van der Waals surface area (Å²) in [5.41, 5.74) is 3.01. The lowest BCUT2D eigenvalue weighted by Gasteiger charge is -2.37. The van der Waals surface area contributed by atoms with E-state index in [1.807, 2.05) is 20.2 Å². The normalized spacial score (nSPS) is 17.9. The first-order chi connectivity index (χ1) is 15.1. The van der Waals surface area contributed by atoms with Crippen molar-refractivity contribution in [3.63, 3.8) is 0 Å². The molecule has 0 aromatic heterocycles. The lowest BCUT2D eigenvalue weighted by atomic mass is 9.89. The number of nitrogens with zero attached hydrogens (tertiary/aromatic N) is 2. The first kappa shape index (κ1) is 24.6. The number of rotatable bonds is 7. The Bertz CT molecular complexity index is 785. The van der Waals surface area contributed by atoms with Crippen molar-refractivity contribution >= 4 is 23.2 Å². The second-order valence-electron chi connectivity index (χ2n) is 11.3. The number of anilines is 2. The van der Waals surface area contributed by atoms with Crippen molar-refractivity contribution in [2.45, 2.75) is 97.6 Å². The second kappa shape index (κ2) is 10.7. The van der Waals surface area contributed by atoms with Crippen LogP contribution in [0.2, 0.25) is 0 Å². The van der Waals surface area contributed by atoms with Gasteiger partial charge in [0.1, 0.15) is 0 Å². The Balaban J connectivity index is 1.85. The van der Waals surface area contributed by atoms with Crippen LogP contribution in [0.25, 0.3) is 0 Å². The van der Waals surface area contributed by atoms with Crippen LogP contribution in [0.5, 0.6) is 0 Å². The molecule has 0 unspecified atom stereocenters. The first-order valence-electron chi connectivity index (χ1n) is 12.5. The molecule has 1 aromatic rings. The summed E-state index contributed by atoms with van der Waals surface area (Å²) in [6, 6.07) is 6.47. The number of hydrogen-bond acceptors (Lipinski definition) is 3. The van der Waals surface area contributed by atoms with Crippen molar-refractivity contribution in [3.8, 4) is 0 Å². The Morgan fingerprint density at radius 2 is 1.59 bits per heavy atom. The van der Waals surface area contributed by atoms with E-state index in [2.05, 4.69) is 48.0 Å². The van der Waals surface area contributed by atoms with Gasteiger partial charge in [0.05, 0.1) is 0 Å². The molecule has 0 saturated heterocycles. The fraction of sp³-hybridized carbons (Fsp3) is 0.704. The third-order valence-corrected chi connectivity index (χ3v) is 6.91. The summed E-state index contributed by atoms with van der Waals surface area (Å²) < 4.78 is 0. The molecule has 0 radical (unpaired) electrons. The van der Waals surface area contributed by atoms with Crippen molar-refractivity contribution in [2.75, 3.05) is 24.3 Å². The number of carbonyl (C=O) groups is 2. The molecule has 178 valence electrons.